The Balaban J connectivity index is 2.26. The molecular weight excluding hydrogens is 200 g/mol. The van der Waals surface area contributed by atoms with E-state index in [0.29, 0.717) is 13.0 Å². The van der Waals surface area contributed by atoms with Crippen LogP contribution in [0, 0.1) is 0 Å². The molecule has 0 radical (unpaired) electrons. The molecule has 0 aromatic heterocycles. The monoisotopic (exact) mass is 216 g/mol. The van der Waals surface area contributed by atoms with Crippen LogP contribution in [-0.2, 0) is 19.1 Å². The molecule has 1 fully saturated rings. The lowest BCUT2D eigenvalue weighted by molar-refractivity contribution is -0.140. The van der Waals surface area contributed by atoms with Gasteiger partial charge in [-0.2, -0.15) is 0 Å². The minimum absolute atomic E-state index is 0.152. The third-order valence-electron chi connectivity index (χ3n) is 2.35. The van der Waals surface area contributed by atoms with Crippen LogP contribution in [0.3, 0.4) is 0 Å². The van der Waals surface area contributed by atoms with Gasteiger partial charge in [-0.25, -0.2) is 0 Å². The van der Waals surface area contributed by atoms with Crippen molar-refractivity contribution in [3.63, 3.8) is 0 Å². The SMILES string of the molecule is COC(=O)CCNC(=O)C1(N)CCOC1. The number of methoxy groups -OCH3 is 1. The topological polar surface area (TPSA) is 90.7 Å². The van der Waals surface area contributed by atoms with Crippen LogP contribution in [0.2, 0.25) is 0 Å². The predicted octanol–water partition coefficient (Wildman–Crippen LogP) is -1.22. The van der Waals surface area contributed by atoms with Gasteiger partial charge in [0.15, 0.2) is 0 Å². The summed E-state index contributed by atoms with van der Waals surface area (Å²) < 4.78 is 9.49. The molecular formula is C9H16N2O4. The van der Waals surface area contributed by atoms with Crippen molar-refractivity contribution < 1.29 is 19.1 Å². The van der Waals surface area contributed by atoms with Gasteiger partial charge < -0.3 is 20.5 Å². The summed E-state index contributed by atoms with van der Waals surface area (Å²) in [6.45, 7) is 0.975. The summed E-state index contributed by atoms with van der Waals surface area (Å²) in [5.41, 5.74) is 4.86. The van der Waals surface area contributed by atoms with Gasteiger partial charge in [0.05, 0.1) is 20.1 Å². The highest BCUT2D eigenvalue weighted by Gasteiger charge is 2.37. The van der Waals surface area contributed by atoms with Crippen molar-refractivity contribution in [2.45, 2.75) is 18.4 Å². The van der Waals surface area contributed by atoms with E-state index in [4.69, 9.17) is 10.5 Å². The second-order valence-corrected chi connectivity index (χ2v) is 3.54. The van der Waals surface area contributed by atoms with Crippen molar-refractivity contribution in [1.29, 1.82) is 0 Å². The van der Waals surface area contributed by atoms with Crippen molar-refractivity contribution in [3.8, 4) is 0 Å². The number of amides is 1. The summed E-state index contributed by atoms with van der Waals surface area (Å²) in [7, 11) is 1.30. The Morgan fingerprint density at radius 3 is 2.87 bits per heavy atom. The van der Waals surface area contributed by atoms with Gasteiger partial charge in [-0.15, -0.1) is 0 Å². The van der Waals surface area contributed by atoms with Gasteiger partial charge in [-0.3, -0.25) is 9.59 Å². The van der Waals surface area contributed by atoms with Crippen LogP contribution >= 0.6 is 0 Å². The zero-order chi connectivity index (χ0) is 11.3. The molecule has 0 bridgehead atoms. The first-order valence-corrected chi connectivity index (χ1v) is 4.80. The first kappa shape index (κ1) is 11.9. The van der Waals surface area contributed by atoms with Gasteiger partial charge >= 0.3 is 5.97 Å². The maximum Gasteiger partial charge on any atom is 0.307 e. The average Bonchev–Trinajstić information content (AvgIpc) is 2.66. The molecule has 1 unspecified atom stereocenters. The lowest BCUT2D eigenvalue weighted by Crippen LogP contribution is -2.54. The first-order chi connectivity index (χ1) is 7.08. The standard InChI is InChI=1S/C9H16N2O4/c1-14-7(12)2-4-11-8(13)9(10)3-5-15-6-9/h2-6,10H2,1H3,(H,11,13). The highest BCUT2D eigenvalue weighted by Crippen LogP contribution is 2.15. The Bertz CT molecular complexity index is 248. The Kier molecular flexibility index (Phi) is 4.05. The molecule has 0 aliphatic carbocycles. The molecule has 0 aromatic rings. The Labute approximate surface area is 88.1 Å². The third-order valence-corrected chi connectivity index (χ3v) is 2.35. The van der Waals surface area contributed by atoms with E-state index >= 15 is 0 Å². The van der Waals surface area contributed by atoms with Crippen LogP contribution in [0.25, 0.3) is 0 Å². The van der Waals surface area contributed by atoms with Crippen molar-refractivity contribution in [3.05, 3.63) is 0 Å². The Hall–Kier alpha value is -1.14. The number of carbonyl (C=O) groups excluding carboxylic acids is 2. The Morgan fingerprint density at radius 2 is 2.33 bits per heavy atom. The van der Waals surface area contributed by atoms with Gasteiger partial charge in [-0.05, 0) is 6.42 Å². The van der Waals surface area contributed by atoms with Crippen LogP contribution in [0.5, 0.6) is 0 Å². The number of ether oxygens (including phenoxy) is 2. The van der Waals surface area contributed by atoms with Gasteiger partial charge in [0.1, 0.15) is 5.54 Å². The minimum Gasteiger partial charge on any atom is -0.469 e. The van der Waals surface area contributed by atoms with E-state index in [1.165, 1.54) is 7.11 Å². The third kappa shape index (κ3) is 3.17. The molecule has 1 rings (SSSR count). The van der Waals surface area contributed by atoms with E-state index < -0.39 is 5.54 Å². The summed E-state index contributed by atoms with van der Waals surface area (Å²) in [5.74, 6) is -0.632. The molecule has 1 atom stereocenters. The summed E-state index contributed by atoms with van der Waals surface area (Å²) in [5, 5.41) is 2.59. The van der Waals surface area contributed by atoms with Gasteiger partial charge in [-0.1, -0.05) is 0 Å². The fourth-order valence-electron chi connectivity index (χ4n) is 1.32. The number of nitrogens with two attached hydrogens (primary N) is 1. The van der Waals surface area contributed by atoms with E-state index in [-0.39, 0.29) is 31.4 Å². The van der Waals surface area contributed by atoms with Gasteiger partial charge in [0.2, 0.25) is 5.91 Å². The number of carbonyl (C=O) groups is 2. The minimum atomic E-state index is -0.934. The average molecular weight is 216 g/mol. The van der Waals surface area contributed by atoms with Crippen LogP contribution in [0.15, 0.2) is 0 Å². The summed E-state index contributed by atoms with van der Waals surface area (Å²) in [6.07, 6.45) is 0.663. The zero-order valence-corrected chi connectivity index (χ0v) is 8.75. The van der Waals surface area contributed by atoms with Crippen LogP contribution < -0.4 is 11.1 Å². The summed E-state index contributed by atoms with van der Waals surface area (Å²) in [4.78, 5) is 22.3. The number of hydrogen-bond acceptors (Lipinski definition) is 5. The molecule has 1 aliphatic heterocycles. The smallest absolute Gasteiger partial charge is 0.307 e. The fraction of sp³-hybridized carbons (Fsp3) is 0.778. The molecule has 6 nitrogen and oxygen atoms in total. The second kappa shape index (κ2) is 5.09. The van der Waals surface area contributed by atoms with E-state index in [1.807, 2.05) is 0 Å². The lowest BCUT2D eigenvalue weighted by atomic mass is 9.99. The fourth-order valence-corrected chi connectivity index (χ4v) is 1.32. The number of nitrogens with one attached hydrogen (secondary N) is 1. The Morgan fingerprint density at radius 1 is 1.60 bits per heavy atom. The zero-order valence-electron chi connectivity index (χ0n) is 8.75. The van der Waals surface area contributed by atoms with Gasteiger partial charge in [0.25, 0.3) is 0 Å². The summed E-state index contributed by atoms with van der Waals surface area (Å²) in [6, 6.07) is 0. The maximum absolute atomic E-state index is 11.6. The number of rotatable bonds is 4. The first-order valence-electron chi connectivity index (χ1n) is 4.80. The molecule has 15 heavy (non-hydrogen) atoms. The molecule has 6 heteroatoms. The molecule has 0 spiro atoms. The van der Waals surface area contributed by atoms with E-state index in [2.05, 4.69) is 10.1 Å². The number of esters is 1. The highest BCUT2D eigenvalue weighted by atomic mass is 16.5. The molecule has 1 saturated heterocycles. The lowest BCUT2D eigenvalue weighted by Gasteiger charge is -2.20. The van der Waals surface area contributed by atoms with Crippen LogP contribution in [0.1, 0.15) is 12.8 Å². The molecule has 0 aromatic carbocycles. The molecule has 1 heterocycles. The van der Waals surface area contributed by atoms with Crippen molar-refractivity contribution in [2.24, 2.45) is 5.73 Å². The normalized spacial score (nSPS) is 24.9. The molecule has 3 N–H and O–H groups in total. The highest BCUT2D eigenvalue weighted by molar-refractivity contribution is 5.86. The largest absolute Gasteiger partial charge is 0.469 e. The van der Waals surface area contributed by atoms with Crippen molar-refractivity contribution in [1.82, 2.24) is 5.32 Å². The maximum atomic E-state index is 11.6. The van der Waals surface area contributed by atoms with Gasteiger partial charge in [0, 0.05) is 13.2 Å². The second-order valence-electron chi connectivity index (χ2n) is 3.54. The quantitative estimate of drug-likeness (QED) is 0.575. The van der Waals surface area contributed by atoms with Crippen LogP contribution in [-0.4, -0.2) is 44.3 Å². The van der Waals surface area contributed by atoms with E-state index in [0.717, 1.165) is 0 Å². The van der Waals surface area contributed by atoms with Crippen molar-refractivity contribution in [2.75, 3.05) is 26.9 Å². The van der Waals surface area contributed by atoms with E-state index in [1.54, 1.807) is 0 Å². The molecule has 86 valence electrons. The van der Waals surface area contributed by atoms with E-state index in [9.17, 15) is 9.59 Å². The van der Waals surface area contributed by atoms with Crippen LogP contribution in [0.4, 0.5) is 0 Å². The number of hydrogen-bond donors (Lipinski definition) is 2. The molecule has 1 amide bonds. The predicted molar refractivity (Wildman–Crippen MR) is 52.0 cm³/mol. The van der Waals surface area contributed by atoms with Crippen molar-refractivity contribution >= 4 is 11.9 Å². The molecule has 0 saturated carbocycles. The summed E-state index contributed by atoms with van der Waals surface area (Å²) >= 11 is 0. The molecule has 1 aliphatic rings.